The van der Waals surface area contributed by atoms with E-state index in [0.717, 1.165) is 13.3 Å². The Morgan fingerprint density at radius 3 is 2.78 bits per heavy atom. The predicted molar refractivity (Wildman–Crippen MR) is 57.5 cm³/mol. The van der Waals surface area contributed by atoms with Gasteiger partial charge in [0.05, 0.1) is 13.5 Å². The minimum absolute atomic E-state index is 0.114. The second-order valence-electron chi connectivity index (χ2n) is 3.39. The summed E-state index contributed by atoms with van der Waals surface area (Å²) in [5.41, 5.74) is 4.71. The van der Waals surface area contributed by atoms with Crippen LogP contribution in [-0.4, -0.2) is 18.1 Å². The molecule has 0 aliphatic rings. The van der Waals surface area contributed by atoms with Crippen LogP contribution in [0.1, 0.15) is 28.8 Å². The quantitative estimate of drug-likeness (QED) is 0.813. The van der Waals surface area contributed by atoms with Gasteiger partial charge in [-0.2, -0.15) is 5.26 Å². The molecule has 5 nitrogen and oxygen atoms in total. The summed E-state index contributed by atoms with van der Waals surface area (Å²) >= 11 is 0. The van der Waals surface area contributed by atoms with Crippen molar-refractivity contribution in [3.05, 3.63) is 28.6 Å². The molecule has 18 heavy (non-hydrogen) atoms. The molecular formula is C11H11F2N3O2. The molecule has 1 aromatic heterocycles. The van der Waals surface area contributed by atoms with Crippen LogP contribution >= 0.6 is 0 Å². The molecule has 0 saturated carbocycles. The van der Waals surface area contributed by atoms with Crippen LogP contribution in [0.2, 0.25) is 0 Å². The summed E-state index contributed by atoms with van der Waals surface area (Å²) in [4.78, 5) is 14.9. The van der Waals surface area contributed by atoms with Gasteiger partial charge in [0.15, 0.2) is 0 Å². The zero-order valence-corrected chi connectivity index (χ0v) is 9.61. The normalized spacial score (nSPS) is 10.2. The van der Waals surface area contributed by atoms with Crippen molar-refractivity contribution in [3.63, 3.8) is 0 Å². The van der Waals surface area contributed by atoms with E-state index in [1.54, 1.807) is 6.07 Å². The zero-order chi connectivity index (χ0) is 13.7. The summed E-state index contributed by atoms with van der Waals surface area (Å²) in [6.07, 6.45) is -2.14. The Hall–Kier alpha value is -2.07. The van der Waals surface area contributed by atoms with E-state index >= 15 is 0 Å². The Morgan fingerprint density at radius 1 is 1.67 bits per heavy atom. The second kappa shape index (κ2) is 6.02. The maximum Gasteiger partial charge on any atom is 0.310 e. The maximum atomic E-state index is 13.0. The molecule has 0 spiro atoms. The topological polar surface area (TPSA) is 89.0 Å². The number of rotatable bonds is 4. The van der Waals surface area contributed by atoms with Crippen molar-refractivity contribution in [2.24, 2.45) is 5.73 Å². The molecule has 0 amide bonds. The summed E-state index contributed by atoms with van der Waals surface area (Å²) in [5, 5.41) is 8.83. The van der Waals surface area contributed by atoms with Crippen molar-refractivity contribution < 1.29 is 18.3 Å². The third-order valence-electron chi connectivity index (χ3n) is 2.40. The van der Waals surface area contributed by atoms with Crippen LogP contribution in [0, 0.1) is 11.3 Å². The summed E-state index contributed by atoms with van der Waals surface area (Å²) in [7, 11) is 1.14. The lowest BCUT2D eigenvalue weighted by molar-refractivity contribution is -0.139. The number of hydrogen-bond acceptors (Lipinski definition) is 5. The first-order chi connectivity index (χ1) is 8.54. The molecule has 0 unspecified atom stereocenters. The monoisotopic (exact) mass is 255 g/mol. The molecule has 0 bridgehead atoms. The average molecular weight is 255 g/mol. The number of carbonyl (C=O) groups is 1. The van der Waals surface area contributed by atoms with Gasteiger partial charge in [0.2, 0.25) is 0 Å². The van der Waals surface area contributed by atoms with E-state index < -0.39 is 24.4 Å². The number of esters is 1. The van der Waals surface area contributed by atoms with Crippen molar-refractivity contribution in [3.8, 4) is 6.07 Å². The highest BCUT2D eigenvalue weighted by molar-refractivity contribution is 5.74. The number of carbonyl (C=O) groups excluding carboxylic acids is 1. The lowest BCUT2D eigenvalue weighted by atomic mass is 9.99. The van der Waals surface area contributed by atoms with E-state index in [0.29, 0.717) is 0 Å². The number of halogens is 2. The predicted octanol–water partition coefficient (Wildman–Crippen LogP) is 1.07. The molecule has 0 saturated heterocycles. The molecule has 0 atom stereocenters. The number of ether oxygens (including phenoxy) is 1. The highest BCUT2D eigenvalue weighted by atomic mass is 19.3. The fourth-order valence-corrected chi connectivity index (χ4v) is 1.54. The zero-order valence-electron chi connectivity index (χ0n) is 9.61. The smallest absolute Gasteiger partial charge is 0.310 e. The summed E-state index contributed by atoms with van der Waals surface area (Å²) in [5.74, 6) is -0.718. The van der Waals surface area contributed by atoms with Gasteiger partial charge in [0.1, 0.15) is 11.8 Å². The van der Waals surface area contributed by atoms with Crippen molar-refractivity contribution in [1.29, 1.82) is 5.26 Å². The first kappa shape index (κ1) is 14.0. The minimum Gasteiger partial charge on any atom is -0.469 e. The van der Waals surface area contributed by atoms with Gasteiger partial charge >= 0.3 is 5.97 Å². The fourth-order valence-electron chi connectivity index (χ4n) is 1.54. The Morgan fingerprint density at radius 2 is 2.33 bits per heavy atom. The van der Waals surface area contributed by atoms with Crippen LogP contribution in [0.5, 0.6) is 0 Å². The molecule has 0 aromatic carbocycles. The lowest BCUT2D eigenvalue weighted by Gasteiger charge is -2.13. The molecule has 2 N–H and O–H groups in total. The summed E-state index contributed by atoms with van der Waals surface area (Å²) < 4.78 is 30.4. The van der Waals surface area contributed by atoms with Gasteiger partial charge in [-0.05, 0) is 5.56 Å². The van der Waals surface area contributed by atoms with Crippen molar-refractivity contribution >= 4 is 5.97 Å². The van der Waals surface area contributed by atoms with Crippen LogP contribution in [0.25, 0.3) is 0 Å². The lowest BCUT2D eigenvalue weighted by Crippen LogP contribution is -2.14. The van der Waals surface area contributed by atoms with Gasteiger partial charge in [-0.1, -0.05) is 0 Å². The van der Waals surface area contributed by atoms with Crippen molar-refractivity contribution in [1.82, 2.24) is 4.98 Å². The number of nitrogens with zero attached hydrogens (tertiary/aromatic N) is 2. The SMILES string of the molecule is COC(=O)Cc1c(C#N)ncc(CN)c1C(F)F. The molecule has 1 heterocycles. The number of hydrogen-bond donors (Lipinski definition) is 1. The van der Waals surface area contributed by atoms with E-state index in [1.165, 1.54) is 0 Å². The molecule has 0 radical (unpaired) electrons. The number of alkyl halides is 2. The Kier molecular flexibility index (Phi) is 4.68. The van der Waals surface area contributed by atoms with Gasteiger partial charge in [0, 0.05) is 23.9 Å². The number of nitrogens with two attached hydrogens (primary N) is 1. The van der Waals surface area contributed by atoms with Gasteiger partial charge in [-0.15, -0.1) is 0 Å². The van der Waals surface area contributed by atoms with Gasteiger partial charge in [-0.3, -0.25) is 4.79 Å². The minimum atomic E-state index is -2.83. The van der Waals surface area contributed by atoms with E-state index in [2.05, 4.69) is 9.72 Å². The van der Waals surface area contributed by atoms with E-state index in [4.69, 9.17) is 11.0 Å². The van der Waals surface area contributed by atoms with Crippen LogP contribution in [0.15, 0.2) is 6.20 Å². The second-order valence-corrected chi connectivity index (χ2v) is 3.39. The van der Waals surface area contributed by atoms with Crippen LogP contribution < -0.4 is 5.73 Å². The summed E-state index contributed by atoms with van der Waals surface area (Å²) in [6.45, 7) is -0.146. The molecule has 7 heteroatoms. The van der Waals surface area contributed by atoms with Gasteiger partial charge in [-0.25, -0.2) is 13.8 Å². The third kappa shape index (κ3) is 2.78. The van der Waals surface area contributed by atoms with E-state index in [-0.39, 0.29) is 23.4 Å². The van der Waals surface area contributed by atoms with E-state index in [1.807, 2.05) is 0 Å². The number of pyridine rings is 1. The molecule has 0 fully saturated rings. The highest BCUT2D eigenvalue weighted by Crippen LogP contribution is 2.28. The molecule has 0 aliphatic carbocycles. The maximum absolute atomic E-state index is 13.0. The fraction of sp³-hybridized carbons (Fsp3) is 0.364. The van der Waals surface area contributed by atoms with Crippen molar-refractivity contribution in [2.45, 2.75) is 19.4 Å². The largest absolute Gasteiger partial charge is 0.469 e. The van der Waals surface area contributed by atoms with Gasteiger partial charge < -0.3 is 10.5 Å². The Balaban J connectivity index is 3.41. The number of methoxy groups -OCH3 is 1. The highest BCUT2D eigenvalue weighted by Gasteiger charge is 2.23. The van der Waals surface area contributed by atoms with Crippen LogP contribution in [0.4, 0.5) is 8.78 Å². The average Bonchev–Trinajstić information content (AvgIpc) is 2.37. The molecule has 96 valence electrons. The van der Waals surface area contributed by atoms with Crippen molar-refractivity contribution in [2.75, 3.05) is 7.11 Å². The third-order valence-corrected chi connectivity index (χ3v) is 2.40. The van der Waals surface area contributed by atoms with Gasteiger partial charge in [0.25, 0.3) is 6.43 Å². The number of nitriles is 1. The van der Waals surface area contributed by atoms with E-state index in [9.17, 15) is 13.6 Å². The standard InChI is InChI=1S/C11H11F2N3O2/c1-18-9(17)2-7-8(4-15)16-5-6(3-14)10(7)11(12)13/h5,11H,2-3,14H2,1H3. The summed E-state index contributed by atoms with van der Waals surface area (Å²) in [6, 6.07) is 1.68. The molecule has 1 aromatic rings. The molecule has 1 rings (SSSR count). The first-order valence-electron chi connectivity index (χ1n) is 5.00. The number of aromatic nitrogens is 1. The molecule has 0 aliphatic heterocycles. The van der Waals surface area contributed by atoms with Crippen LogP contribution in [0.3, 0.4) is 0 Å². The molecular weight excluding hydrogens is 244 g/mol. The Labute approximate surface area is 102 Å². The Bertz CT molecular complexity index is 498. The van der Waals surface area contributed by atoms with Crippen LogP contribution in [-0.2, 0) is 22.5 Å². The first-order valence-corrected chi connectivity index (χ1v) is 5.00.